The molecule has 0 aliphatic heterocycles. The Labute approximate surface area is 210 Å². The van der Waals surface area contributed by atoms with Gasteiger partial charge in [-0.2, -0.15) is 5.10 Å². The Hall–Kier alpha value is -3.39. The average molecular weight is 516 g/mol. The van der Waals surface area contributed by atoms with Gasteiger partial charge in [-0.15, -0.1) is 0 Å². The molecule has 172 valence electrons. The van der Waals surface area contributed by atoms with Crippen molar-refractivity contribution in [1.82, 2.24) is 14.8 Å². The third kappa shape index (κ3) is 5.22. The average Bonchev–Trinajstić information content (AvgIpc) is 3.28. The number of carbonyl (C=O) groups is 2. The van der Waals surface area contributed by atoms with Crippen LogP contribution >= 0.6 is 34.8 Å². The molecule has 0 spiro atoms. The summed E-state index contributed by atoms with van der Waals surface area (Å²) >= 11 is 18.2. The lowest BCUT2D eigenvalue weighted by atomic mass is 10.1. The van der Waals surface area contributed by atoms with Gasteiger partial charge in [-0.1, -0.05) is 53.0 Å². The fourth-order valence-electron chi connectivity index (χ4n) is 3.12. The zero-order valence-electron chi connectivity index (χ0n) is 17.7. The van der Waals surface area contributed by atoms with Crippen LogP contribution in [0, 0.1) is 0 Å². The van der Waals surface area contributed by atoms with E-state index in [1.807, 2.05) is 30.3 Å². The highest BCUT2D eigenvalue weighted by atomic mass is 35.5. The highest BCUT2D eigenvalue weighted by Crippen LogP contribution is 2.34. The summed E-state index contributed by atoms with van der Waals surface area (Å²) in [4.78, 5) is 29.9. The number of nitrogens with zero attached hydrogens (tertiary/aromatic N) is 3. The van der Waals surface area contributed by atoms with Crippen molar-refractivity contribution in [3.8, 4) is 16.9 Å². The predicted octanol–water partition coefficient (Wildman–Crippen LogP) is 6.08. The molecule has 0 radical (unpaired) electrons. The first-order chi connectivity index (χ1) is 16.3. The molecule has 0 aliphatic carbocycles. The largest absolute Gasteiger partial charge is 0.449 e. The van der Waals surface area contributed by atoms with E-state index < -0.39 is 18.0 Å². The van der Waals surface area contributed by atoms with Gasteiger partial charge in [0.1, 0.15) is 11.3 Å². The molecule has 2 aromatic heterocycles. The van der Waals surface area contributed by atoms with Gasteiger partial charge in [0, 0.05) is 29.2 Å². The van der Waals surface area contributed by atoms with Crippen LogP contribution in [0.3, 0.4) is 0 Å². The molecular weight excluding hydrogens is 499 g/mol. The molecule has 34 heavy (non-hydrogen) atoms. The Kier molecular flexibility index (Phi) is 7.17. The summed E-state index contributed by atoms with van der Waals surface area (Å²) in [7, 11) is 0. The summed E-state index contributed by atoms with van der Waals surface area (Å²) in [5.74, 6) is -1.34. The van der Waals surface area contributed by atoms with Crippen molar-refractivity contribution >= 4 is 52.4 Å². The van der Waals surface area contributed by atoms with Crippen LogP contribution in [-0.2, 0) is 9.53 Å². The predicted molar refractivity (Wildman–Crippen MR) is 132 cm³/mol. The molecule has 0 saturated heterocycles. The Balaban J connectivity index is 1.59. The number of carbonyl (C=O) groups excluding carboxylic acids is 2. The van der Waals surface area contributed by atoms with Crippen LogP contribution in [0.5, 0.6) is 0 Å². The standard InChI is InChI=1S/C24H17Cl3N4O3/c1-14(23(32)29-22-19(26)10-16(25)11-20(22)27)34-24(33)18-13-31(17-7-3-2-4-8-17)30-21(18)15-6-5-9-28-12-15/h2-14H,1H3,(H,29,32)/t14-/m0/s1. The molecule has 0 aliphatic rings. The maximum atomic E-state index is 13.1. The number of para-hydroxylation sites is 1. The van der Waals surface area contributed by atoms with Gasteiger partial charge in [0.15, 0.2) is 6.10 Å². The Morgan fingerprint density at radius 2 is 1.74 bits per heavy atom. The number of hydrogen-bond acceptors (Lipinski definition) is 5. The molecule has 4 rings (SSSR count). The lowest BCUT2D eigenvalue weighted by molar-refractivity contribution is -0.123. The third-order valence-corrected chi connectivity index (χ3v) is 5.61. The van der Waals surface area contributed by atoms with Crippen molar-refractivity contribution in [3.05, 3.63) is 93.8 Å². The number of rotatable bonds is 6. The zero-order chi connectivity index (χ0) is 24.2. The van der Waals surface area contributed by atoms with Crippen LogP contribution in [0.1, 0.15) is 17.3 Å². The van der Waals surface area contributed by atoms with Gasteiger partial charge in [0.25, 0.3) is 5.91 Å². The molecule has 1 N–H and O–H groups in total. The van der Waals surface area contributed by atoms with Gasteiger partial charge in [-0.05, 0) is 43.3 Å². The highest BCUT2D eigenvalue weighted by Gasteiger charge is 2.25. The molecular formula is C24H17Cl3N4O3. The van der Waals surface area contributed by atoms with Gasteiger partial charge < -0.3 is 10.1 Å². The van der Waals surface area contributed by atoms with Crippen molar-refractivity contribution in [2.45, 2.75) is 13.0 Å². The number of nitrogens with one attached hydrogen (secondary N) is 1. The van der Waals surface area contributed by atoms with Crippen LogP contribution in [0.2, 0.25) is 15.1 Å². The van der Waals surface area contributed by atoms with E-state index in [1.54, 1.807) is 35.4 Å². The molecule has 0 bridgehead atoms. The van der Waals surface area contributed by atoms with Crippen molar-refractivity contribution in [2.24, 2.45) is 0 Å². The molecule has 0 unspecified atom stereocenters. The van der Waals surface area contributed by atoms with Crippen LogP contribution < -0.4 is 5.32 Å². The molecule has 2 aromatic carbocycles. The van der Waals surface area contributed by atoms with Crippen molar-refractivity contribution < 1.29 is 14.3 Å². The second-order valence-corrected chi connectivity index (χ2v) is 8.45. The van der Waals surface area contributed by atoms with Crippen molar-refractivity contribution in [3.63, 3.8) is 0 Å². The summed E-state index contributed by atoms with van der Waals surface area (Å²) in [6.07, 6.45) is 3.61. The number of esters is 1. The van der Waals surface area contributed by atoms with E-state index in [0.717, 1.165) is 5.69 Å². The monoisotopic (exact) mass is 514 g/mol. The fourth-order valence-corrected chi connectivity index (χ4v) is 4.03. The SMILES string of the molecule is C[C@H](OC(=O)c1cn(-c2ccccc2)nc1-c1cccnc1)C(=O)Nc1c(Cl)cc(Cl)cc1Cl. The van der Waals surface area contributed by atoms with Gasteiger partial charge in [0.05, 0.1) is 21.4 Å². The summed E-state index contributed by atoms with van der Waals surface area (Å²) in [6, 6.07) is 15.7. The highest BCUT2D eigenvalue weighted by molar-refractivity contribution is 6.42. The van der Waals surface area contributed by atoms with E-state index >= 15 is 0 Å². The summed E-state index contributed by atoms with van der Waals surface area (Å²) in [6.45, 7) is 1.44. The van der Waals surface area contributed by atoms with Gasteiger partial charge in [-0.25, -0.2) is 9.48 Å². The number of aromatic nitrogens is 3. The summed E-state index contributed by atoms with van der Waals surface area (Å²) in [5, 5.41) is 7.77. The van der Waals surface area contributed by atoms with Crippen LogP contribution in [0.4, 0.5) is 5.69 Å². The van der Waals surface area contributed by atoms with Gasteiger partial charge in [0.2, 0.25) is 0 Å². The lowest BCUT2D eigenvalue weighted by Gasteiger charge is -2.15. The molecule has 0 saturated carbocycles. The van der Waals surface area contributed by atoms with E-state index in [4.69, 9.17) is 39.5 Å². The minimum absolute atomic E-state index is 0.160. The van der Waals surface area contributed by atoms with E-state index in [1.165, 1.54) is 19.1 Å². The smallest absolute Gasteiger partial charge is 0.342 e. The Morgan fingerprint density at radius 3 is 2.38 bits per heavy atom. The maximum Gasteiger partial charge on any atom is 0.342 e. The molecule has 10 heteroatoms. The van der Waals surface area contributed by atoms with E-state index in [2.05, 4.69) is 15.4 Å². The second-order valence-electron chi connectivity index (χ2n) is 7.19. The number of benzene rings is 2. The number of anilines is 1. The first kappa shape index (κ1) is 23.8. The first-order valence-corrected chi connectivity index (χ1v) is 11.2. The second kappa shape index (κ2) is 10.3. The minimum atomic E-state index is -1.16. The van der Waals surface area contributed by atoms with E-state index in [0.29, 0.717) is 16.3 Å². The number of amides is 1. The Morgan fingerprint density at radius 1 is 1.03 bits per heavy atom. The van der Waals surface area contributed by atoms with Crippen LogP contribution in [-0.4, -0.2) is 32.7 Å². The fraction of sp³-hybridized carbons (Fsp3) is 0.0833. The molecule has 1 atom stereocenters. The Bertz CT molecular complexity index is 1320. The molecule has 0 fully saturated rings. The quantitative estimate of drug-likeness (QED) is 0.315. The number of ether oxygens (including phenoxy) is 1. The van der Waals surface area contributed by atoms with E-state index in [9.17, 15) is 9.59 Å². The zero-order valence-corrected chi connectivity index (χ0v) is 20.0. The normalized spacial score (nSPS) is 11.6. The van der Waals surface area contributed by atoms with Crippen LogP contribution in [0.15, 0.2) is 73.2 Å². The third-order valence-electron chi connectivity index (χ3n) is 4.80. The van der Waals surface area contributed by atoms with Gasteiger partial charge >= 0.3 is 5.97 Å². The number of pyridine rings is 1. The van der Waals surface area contributed by atoms with Crippen molar-refractivity contribution in [1.29, 1.82) is 0 Å². The number of halogens is 3. The van der Waals surface area contributed by atoms with E-state index in [-0.39, 0.29) is 21.3 Å². The molecule has 7 nitrogen and oxygen atoms in total. The molecule has 4 aromatic rings. The maximum absolute atomic E-state index is 13.1. The lowest BCUT2D eigenvalue weighted by Crippen LogP contribution is -2.30. The molecule has 1 amide bonds. The summed E-state index contributed by atoms with van der Waals surface area (Å²) < 4.78 is 7.01. The first-order valence-electron chi connectivity index (χ1n) is 10.1. The number of hydrogen-bond donors (Lipinski definition) is 1. The van der Waals surface area contributed by atoms with Crippen LogP contribution in [0.25, 0.3) is 16.9 Å². The minimum Gasteiger partial charge on any atom is -0.449 e. The van der Waals surface area contributed by atoms with Gasteiger partial charge in [-0.3, -0.25) is 9.78 Å². The van der Waals surface area contributed by atoms with Crippen molar-refractivity contribution in [2.75, 3.05) is 5.32 Å². The summed E-state index contributed by atoms with van der Waals surface area (Å²) in [5.41, 5.74) is 2.11. The topological polar surface area (TPSA) is 86.1 Å². The molecule has 2 heterocycles.